The van der Waals surface area contributed by atoms with Gasteiger partial charge in [-0.15, -0.1) is 0 Å². The molecule has 0 radical (unpaired) electrons. The Balaban J connectivity index is 1.59. The van der Waals surface area contributed by atoms with Crippen molar-refractivity contribution in [3.63, 3.8) is 0 Å². The van der Waals surface area contributed by atoms with E-state index in [9.17, 15) is 22.8 Å². The second kappa shape index (κ2) is 11.9. The number of rotatable bonds is 10. The predicted molar refractivity (Wildman–Crippen MR) is 144 cm³/mol. The van der Waals surface area contributed by atoms with Gasteiger partial charge in [0.15, 0.2) is 0 Å². The fourth-order valence-corrected chi connectivity index (χ4v) is 4.82. The van der Waals surface area contributed by atoms with Crippen molar-refractivity contribution in [1.82, 2.24) is 24.9 Å². The summed E-state index contributed by atoms with van der Waals surface area (Å²) in [6.45, 7) is 7.99. The lowest BCUT2D eigenvalue weighted by atomic mass is 9.96. The molecule has 0 spiro atoms. The van der Waals surface area contributed by atoms with Crippen molar-refractivity contribution in [1.29, 1.82) is 0 Å². The number of nitrogens with one attached hydrogen (secondary N) is 1. The molecule has 4 rings (SSSR count). The van der Waals surface area contributed by atoms with Gasteiger partial charge in [-0.3, -0.25) is 14.3 Å². The fourth-order valence-electron chi connectivity index (χ4n) is 4.82. The van der Waals surface area contributed by atoms with Gasteiger partial charge < -0.3 is 10.1 Å². The van der Waals surface area contributed by atoms with Crippen LogP contribution in [0.4, 0.5) is 13.2 Å². The average molecular weight is 556 g/mol. The molecule has 2 heterocycles. The summed E-state index contributed by atoms with van der Waals surface area (Å²) < 4.78 is 47.4. The smallest absolute Gasteiger partial charge is 0.419 e. The van der Waals surface area contributed by atoms with Gasteiger partial charge in [0, 0.05) is 29.9 Å². The molecule has 40 heavy (non-hydrogen) atoms. The van der Waals surface area contributed by atoms with Crippen LogP contribution in [0.25, 0.3) is 16.6 Å². The first kappa shape index (κ1) is 28.8. The van der Waals surface area contributed by atoms with Gasteiger partial charge in [0.05, 0.1) is 42.0 Å². The molecule has 1 amide bonds. The summed E-state index contributed by atoms with van der Waals surface area (Å²) in [4.78, 5) is 24.1. The third-order valence-corrected chi connectivity index (χ3v) is 6.62. The molecule has 0 aliphatic rings. The van der Waals surface area contributed by atoms with Crippen molar-refractivity contribution in [2.24, 2.45) is 0 Å². The first-order valence-corrected chi connectivity index (χ1v) is 13.2. The zero-order valence-electron chi connectivity index (χ0n) is 22.9. The average Bonchev–Trinajstić information content (AvgIpc) is 3.54. The van der Waals surface area contributed by atoms with Gasteiger partial charge >= 0.3 is 12.1 Å². The highest BCUT2D eigenvalue weighted by Gasteiger charge is 2.32. The minimum Gasteiger partial charge on any atom is -0.466 e. The molecule has 0 aliphatic heterocycles. The maximum Gasteiger partial charge on any atom is 0.419 e. The Labute approximate surface area is 230 Å². The summed E-state index contributed by atoms with van der Waals surface area (Å²) in [5.41, 5.74) is 3.57. The van der Waals surface area contributed by atoms with Crippen LogP contribution in [0, 0.1) is 13.8 Å². The zero-order chi connectivity index (χ0) is 29.0. The topological polar surface area (TPSA) is 91.0 Å². The number of halogens is 3. The van der Waals surface area contributed by atoms with E-state index in [0.29, 0.717) is 17.9 Å². The van der Waals surface area contributed by atoms with Gasteiger partial charge in [-0.25, -0.2) is 4.68 Å². The number of amides is 1. The number of carbonyl (C=O) groups is 2. The van der Waals surface area contributed by atoms with Crippen molar-refractivity contribution in [2.75, 3.05) is 13.2 Å². The van der Waals surface area contributed by atoms with Gasteiger partial charge in [-0.05, 0) is 62.1 Å². The molecular weight excluding hydrogens is 523 g/mol. The molecule has 0 saturated heterocycles. The molecule has 1 atom stereocenters. The number of hydrogen-bond acceptors (Lipinski definition) is 5. The quantitative estimate of drug-likeness (QED) is 0.245. The minimum atomic E-state index is -4.46. The zero-order valence-corrected chi connectivity index (χ0v) is 22.9. The maximum atomic E-state index is 13.1. The van der Waals surface area contributed by atoms with Crippen molar-refractivity contribution in [3.05, 3.63) is 76.7 Å². The number of ether oxygens (including phenoxy) is 1. The van der Waals surface area contributed by atoms with E-state index in [0.717, 1.165) is 52.8 Å². The van der Waals surface area contributed by atoms with E-state index < -0.39 is 11.7 Å². The number of esters is 1. The Hall–Kier alpha value is -4.15. The molecule has 0 bridgehead atoms. The van der Waals surface area contributed by atoms with E-state index in [1.165, 1.54) is 4.68 Å². The van der Waals surface area contributed by atoms with Crippen LogP contribution in [0.3, 0.4) is 0 Å². The summed E-state index contributed by atoms with van der Waals surface area (Å²) in [6.07, 6.45) is 1.03. The molecule has 2 aromatic heterocycles. The molecule has 2 aromatic carbocycles. The van der Waals surface area contributed by atoms with Crippen LogP contribution in [0.15, 0.2) is 48.9 Å². The predicted octanol–water partition coefficient (Wildman–Crippen LogP) is 5.93. The summed E-state index contributed by atoms with van der Waals surface area (Å²) in [6, 6.07) is 9.05. The number of benzene rings is 2. The third kappa shape index (κ3) is 6.35. The Bertz CT molecular complexity index is 1500. The fraction of sp³-hybridized carbons (Fsp3) is 0.379. The van der Waals surface area contributed by atoms with Gasteiger partial charge in [0.25, 0.3) is 5.91 Å². The highest BCUT2D eigenvalue weighted by atomic mass is 19.4. The number of hydrogen-bond donors (Lipinski definition) is 1. The molecule has 212 valence electrons. The largest absolute Gasteiger partial charge is 0.466 e. The van der Waals surface area contributed by atoms with Crippen LogP contribution < -0.4 is 5.32 Å². The first-order chi connectivity index (χ1) is 19.0. The Morgan fingerprint density at radius 2 is 1.80 bits per heavy atom. The van der Waals surface area contributed by atoms with Crippen molar-refractivity contribution >= 4 is 22.8 Å². The summed E-state index contributed by atoms with van der Waals surface area (Å²) in [5, 5.41) is 12.2. The van der Waals surface area contributed by atoms with Crippen LogP contribution in [0.2, 0.25) is 0 Å². The van der Waals surface area contributed by atoms with Crippen LogP contribution >= 0.6 is 0 Å². The number of fused-ring (bicyclic) bond motifs is 1. The van der Waals surface area contributed by atoms with Crippen LogP contribution in [0.5, 0.6) is 0 Å². The first-order valence-electron chi connectivity index (χ1n) is 13.2. The SMILES string of the molecule is CCCC(c1cc(C)c(-n2cc(C(F)(F)F)cn2)c(C)c1)n1cc2cc(C(=O)NCCC(=O)OCC)ccc2n1. The molecule has 0 saturated carbocycles. The number of alkyl halides is 3. The molecule has 0 aliphatic carbocycles. The lowest BCUT2D eigenvalue weighted by Gasteiger charge is -2.20. The van der Waals surface area contributed by atoms with Crippen LogP contribution in [-0.4, -0.2) is 44.6 Å². The van der Waals surface area contributed by atoms with E-state index >= 15 is 0 Å². The number of carbonyl (C=O) groups excluding carboxylic acids is 2. The Morgan fingerprint density at radius 1 is 1.07 bits per heavy atom. The summed E-state index contributed by atoms with van der Waals surface area (Å²) in [5.74, 6) is -0.658. The highest BCUT2D eigenvalue weighted by Crippen LogP contribution is 2.32. The van der Waals surface area contributed by atoms with Crippen LogP contribution in [0.1, 0.15) is 71.8 Å². The van der Waals surface area contributed by atoms with Crippen molar-refractivity contribution in [3.8, 4) is 5.69 Å². The van der Waals surface area contributed by atoms with E-state index in [-0.39, 0.29) is 30.9 Å². The third-order valence-electron chi connectivity index (χ3n) is 6.62. The van der Waals surface area contributed by atoms with Gasteiger partial charge in [0.2, 0.25) is 0 Å². The van der Waals surface area contributed by atoms with E-state index in [4.69, 9.17) is 9.84 Å². The Kier molecular flexibility index (Phi) is 8.61. The minimum absolute atomic E-state index is 0.0972. The summed E-state index contributed by atoms with van der Waals surface area (Å²) in [7, 11) is 0. The lowest BCUT2D eigenvalue weighted by molar-refractivity contribution is -0.143. The van der Waals surface area contributed by atoms with Gasteiger partial charge in [0.1, 0.15) is 0 Å². The highest BCUT2D eigenvalue weighted by molar-refractivity contribution is 5.98. The molecule has 1 unspecified atom stereocenters. The number of aryl methyl sites for hydroxylation is 2. The molecule has 0 fully saturated rings. The van der Waals surface area contributed by atoms with Crippen LogP contribution in [-0.2, 0) is 15.7 Å². The molecule has 11 heteroatoms. The summed E-state index contributed by atoms with van der Waals surface area (Å²) >= 11 is 0. The molecule has 4 aromatic rings. The van der Waals surface area contributed by atoms with E-state index in [2.05, 4.69) is 17.3 Å². The maximum absolute atomic E-state index is 13.1. The second-order valence-corrected chi connectivity index (χ2v) is 9.67. The standard InChI is InChI=1S/C29H32F3N5O3/c1-5-7-25(21-12-18(3)27(19(4)13-21)37-17-23(15-34-37)29(30,31)32)36-16-22-14-20(8-9-24(22)35-36)28(39)33-11-10-26(38)40-6-2/h8-9,12-17,25H,5-7,10-11H2,1-4H3,(H,33,39). The molecule has 1 N–H and O–H groups in total. The van der Waals surface area contributed by atoms with E-state index in [1.807, 2.05) is 36.9 Å². The van der Waals surface area contributed by atoms with E-state index in [1.54, 1.807) is 25.1 Å². The van der Waals surface area contributed by atoms with Gasteiger partial charge in [-0.2, -0.15) is 23.4 Å². The molecule has 8 nitrogen and oxygen atoms in total. The lowest BCUT2D eigenvalue weighted by Crippen LogP contribution is -2.26. The molecular formula is C29H32F3N5O3. The van der Waals surface area contributed by atoms with Gasteiger partial charge in [-0.1, -0.05) is 25.5 Å². The van der Waals surface area contributed by atoms with Crippen molar-refractivity contribution in [2.45, 2.75) is 59.2 Å². The monoisotopic (exact) mass is 555 g/mol. The second-order valence-electron chi connectivity index (χ2n) is 9.67. The normalized spacial score (nSPS) is 12.5. The van der Waals surface area contributed by atoms with Crippen molar-refractivity contribution < 1.29 is 27.5 Å². The number of nitrogens with zero attached hydrogens (tertiary/aromatic N) is 4. The number of aromatic nitrogens is 4. The Morgan fingerprint density at radius 3 is 2.42 bits per heavy atom.